The number of carbonyl (C=O) groups excluding carboxylic acids is 2. The van der Waals surface area contributed by atoms with Crippen molar-refractivity contribution in [1.82, 2.24) is 15.1 Å². The van der Waals surface area contributed by atoms with E-state index in [9.17, 15) is 18.9 Å². The first kappa shape index (κ1) is 37.5. The van der Waals surface area contributed by atoms with E-state index in [4.69, 9.17) is 14.2 Å². The van der Waals surface area contributed by atoms with Gasteiger partial charge >= 0.3 is 6.09 Å². The Balaban J connectivity index is 1.28. The first-order valence-electron chi connectivity index (χ1n) is 17.6. The highest BCUT2D eigenvalue weighted by Gasteiger charge is 2.33. The molecule has 0 radical (unpaired) electrons. The molecule has 1 fully saturated rings. The van der Waals surface area contributed by atoms with Gasteiger partial charge in [0.1, 0.15) is 18.0 Å². The summed E-state index contributed by atoms with van der Waals surface area (Å²) in [5.41, 5.74) is 2.08. The van der Waals surface area contributed by atoms with Gasteiger partial charge in [-0.05, 0) is 74.9 Å². The summed E-state index contributed by atoms with van der Waals surface area (Å²) in [4.78, 5) is 31.9. The Labute approximate surface area is 298 Å². The van der Waals surface area contributed by atoms with E-state index >= 15 is 0 Å². The van der Waals surface area contributed by atoms with Gasteiger partial charge in [-0.2, -0.15) is 0 Å². The number of hydrogen-bond acceptors (Lipinski definition) is 8. The molecule has 0 spiro atoms. The zero-order valence-corrected chi connectivity index (χ0v) is 30.2. The van der Waals surface area contributed by atoms with Crippen molar-refractivity contribution in [3.63, 3.8) is 0 Å². The predicted octanol–water partition coefficient (Wildman–Crippen LogP) is 5.26. The van der Waals surface area contributed by atoms with Gasteiger partial charge in [-0.15, -0.1) is 0 Å². The van der Waals surface area contributed by atoms with Crippen LogP contribution in [0.25, 0.3) is 0 Å². The Kier molecular flexibility index (Phi) is 13.4. The van der Waals surface area contributed by atoms with E-state index in [1.807, 2.05) is 83.8 Å². The quantitative estimate of drug-likeness (QED) is 0.234. The molecule has 50 heavy (non-hydrogen) atoms. The fourth-order valence-corrected chi connectivity index (χ4v) is 7.73. The van der Waals surface area contributed by atoms with Gasteiger partial charge in [0.2, 0.25) is 5.91 Å². The van der Waals surface area contributed by atoms with Gasteiger partial charge in [-0.3, -0.25) is 13.9 Å². The molecule has 2 aliphatic rings. The Morgan fingerprint density at radius 3 is 2.42 bits per heavy atom. The average molecular weight is 706 g/mol. The normalized spacial score (nSPS) is 19.1. The second-order valence-electron chi connectivity index (χ2n) is 13.9. The van der Waals surface area contributed by atoms with Gasteiger partial charge < -0.3 is 29.5 Å². The van der Waals surface area contributed by atoms with Gasteiger partial charge in [-0.1, -0.05) is 60.7 Å². The number of ether oxygens (including phenoxy) is 3. The average Bonchev–Trinajstić information content (AvgIpc) is 3.10. The summed E-state index contributed by atoms with van der Waals surface area (Å²) in [7, 11) is -1.13. The summed E-state index contributed by atoms with van der Waals surface area (Å²) in [6.45, 7) is 10.4. The molecule has 3 aromatic rings. The molecule has 0 bridgehead atoms. The highest BCUT2D eigenvalue weighted by atomic mass is 32.2. The van der Waals surface area contributed by atoms with Crippen molar-refractivity contribution in [1.29, 1.82) is 0 Å². The molecular weight excluding hydrogens is 655 g/mol. The Bertz CT molecular complexity index is 1560. The molecule has 0 unspecified atom stereocenters. The number of amides is 2. The van der Waals surface area contributed by atoms with Crippen LogP contribution in [0.2, 0.25) is 0 Å². The number of carbonyl (C=O) groups is 2. The number of morpholine rings is 1. The maximum Gasteiger partial charge on any atom is 0.407 e. The van der Waals surface area contributed by atoms with Crippen LogP contribution in [0.3, 0.4) is 0 Å². The van der Waals surface area contributed by atoms with Crippen LogP contribution >= 0.6 is 0 Å². The highest BCUT2D eigenvalue weighted by molar-refractivity contribution is 7.85. The largest absolute Gasteiger partial charge is 0.492 e. The van der Waals surface area contributed by atoms with Crippen LogP contribution in [-0.4, -0.2) is 94.1 Å². The fourth-order valence-electron chi connectivity index (χ4n) is 6.37. The molecule has 3 aromatic carbocycles. The minimum atomic E-state index is -1.13. The van der Waals surface area contributed by atoms with E-state index in [0.29, 0.717) is 31.7 Å². The minimum absolute atomic E-state index is 0.0624. The summed E-state index contributed by atoms with van der Waals surface area (Å²) >= 11 is 0. The van der Waals surface area contributed by atoms with E-state index in [0.717, 1.165) is 60.2 Å². The maximum absolute atomic E-state index is 14.2. The number of rotatable bonds is 14. The first-order chi connectivity index (χ1) is 24.1. The van der Waals surface area contributed by atoms with Crippen molar-refractivity contribution < 1.29 is 33.1 Å². The molecule has 0 saturated carbocycles. The lowest BCUT2D eigenvalue weighted by atomic mass is 9.97. The molecule has 2 N–H and O–H groups in total. The number of fused-ring (bicyclic) bond motifs is 1. The molecule has 5 rings (SSSR count). The summed E-state index contributed by atoms with van der Waals surface area (Å²) < 4.78 is 29.9. The van der Waals surface area contributed by atoms with Crippen molar-refractivity contribution in [2.45, 2.75) is 81.7 Å². The number of nitrogens with one attached hydrogen (secondary N) is 1. The van der Waals surface area contributed by atoms with E-state index in [2.05, 4.69) is 10.2 Å². The molecule has 2 amide bonds. The van der Waals surface area contributed by atoms with Crippen molar-refractivity contribution in [2.75, 3.05) is 45.2 Å². The van der Waals surface area contributed by atoms with E-state index in [-0.39, 0.29) is 24.8 Å². The summed E-state index contributed by atoms with van der Waals surface area (Å²) in [5, 5.41) is 14.3. The molecule has 0 aliphatic carbocycles. The molecule has 10 nitrogen and oxygen atoms in total. The van der Waals surface area contributed by atoms with Crippen LogP contribution in [0.1, 0.15) is 62.8 Å². The van der Waals surface area contributed by atoms with Crippen molar-refractivity contribution in [3.8, 4) is 5.75 Å². The van der Waals surface area contributed by atoms with E-state index < -0.39 is 34.6 Å². The van der Waals surface area contributed by atoms with E-state index in [1.165, 1.54) is 0 Å². The molecule has 2 aliphatic heterocycles. The van der Waals surface area contributed by atoms with Crippen LogP contribution < -0.4 is 10.1 Å². The smallest absolute Gasteiger partial charge is 0.407 e. The molecule has 11 heteroatoms. The molecule has 1 saturated heterocycles. The lowest BCUT2D eigenvalue weighted by Crippen LogP contribution is -2.47. The third-order valence-electron chi connectivity index (χ3n) is 8.97. The van der Waals surface area contributed by atoms with Gasteiger partial charge in [0.15, 0.2) is 0 Å². The second kappa shape index (κ2) is 17.9. The lowest BCUT2D eigenvalue weighted by molar-refractivity contribution is -0.135. The summed E-state index contributed by atoms with van der Waals surface area (Å²) in [6.07, 6.45) is -0.482. The number of hydrogen-bond donors (Lipinski definition) is 2. The number of aliphatic hydroxyl groups is 1. The first-order valence-corrected chi connectivity index (χ1v) is 18.9. The Morgan fingerprint density at radius 1 is 1.00 bits per heavy atom. The van der Waals surface area contributed by atoms with Gasteiger partial charge in [0, 0.05) is 43.2 Å². The molecule has 0 aromatic heterocycles. The SMILES string of the molecule is CC(C)(C)OC(=O)N[C@@H](Cc1ccccc1)[C@@H](O)CCC(=O)N(Cc1ccc(OCCN2CCOCC2)cc1)[C@@H]1CC[S@](=O)c2ccccc21. The third-order valence-corrected chi connectivity index (χ3v) is 10.4. The summed E-state index contributed by atoms with van der Waals surface area (Å²) in [6, 6.07) is 24.1. The Morgan fingerprint density at radius 2 is 1.70 bits per heavy atom. The number of nitrogens with zero attached hydrogens (tertiary/aromatic N) is 2. The Hall–Kier alpha value is -3.77. The van der Waals surface area contributed by atoms with Gasteiger partial charge in [-0.25, -0.2) is 4.79 Å². The molecular formula is C39H51N3O7S. The number of aliphatic hydroxyl groups excluding tert-OH is 1. The standard InChI is InChI=1S/C39H51N3O7S/c1-39(2,3)49-38(45)40-33(27-29-9-5-4-6-10-29)35(43)17-18-37(44)42(34-19-26-50(46)36-12-8-7-11-32(34)36)28-30-13-15-31(16-14-30)48-25-22-41-20-23-47-24-21-41/h4-16,33-35,43H,17-28H2,1-3H3,(H,40,45)/t33-,34+,35-,50-/m0/s1. The molecule has 4 atom stereocenters. The zero-order valence-electron chi connectivity index (χ0n) is 29.4. The van der Waals surface area contributed by atoms with Gasteiger partial charge in [0.05, 0.1) is 42.2 Å². The monoisotopic (exact) mass is 705 g/mol. The lowest BCUT2D eigenvalue weighted by Gasteiger charge is -2.36. The van der Waals surface area contributed by atoms with Crippen LogP contribution in [0.4, 0.5) is 4.79 Å². The maximum atomic E-state index is 14.2. The molecule has 270 valence electrons. The van der Waals surface area contributed by atoms with Crippen LogP contribution in [0.5, 0.6) is 5.75 Å². The third kappa shape index (κ3) is 11.1. The van der Waals surface area contributed by atoms with Crippen molar-refractivity contribution in [2.24, 2.45) is 0 Å². The number of alkyl carbamates (subject to hydrolysis) is 1. The number of benzene rings is 3. The van der Waals surface area contributed by atoms with Crippen molar-refractivity contribution in [3.05, 3.63) is 95.6 Å². The zero-order chi connectivity index (χ0) is 35.5. The topological polar surface area (TPSA) is 118 Å². The minimum Gasteiger partial charge on any atom is -0.492 e. The van der Waals surface area contributed by atoms with Crippen LogP contribution in [0, 0.1) is 0 Å². The van der Waals surface area contributed by atoms with Crippen LogP contribution in [0.15, 0.2) is 83.8 Å². The van der Waals surface area contributed by atoms with E-state index in [1.54, 1.807) is 20.8 Å². The second-order valence-corrected chi connectivity index (χ2v) is 15.4. The predicted molar refractivity (Wildman–Crippen MR) is 193 cm³/mol. The van der Waals surface area contributed by atoms with Crippen LogP contribution in [-0.2, 0) is 38.0 Å². The molecule has 2 heterocycles. The van der Waals surface area contributed by atoms with Crippen molar-refractivity contribution >= 4 is 22.8 Å². The van der Waals surface area contributed by atoms with Gasteiger partial charge in [0.25, 0.3) is 0 Å². The fraction of sp³-hybridized carbons (Fsp3) is 0.487. The highest BCUT2D eigenvalue weighted by Crippen LogP contribution is 2.36. The summed E-state index contributed by atoms with van der Waals surface area (Å²) in [5.74, 6) is 1.10.